The minimum atomic E-state index is -2.81. The first-order valence-electron chi connectivity index (χ1n) is 6.12. The third-order valence-corrected chi connectivity index (χ3v) is 3.18. The fourth-order valence-corrected chi connectivity index (χ4v) is 2.19. The van der Waals surface area contributed by atoms with Gasteiger partial charge in [-0.05, 0) is 42.8 Å². The highest BCUT2D eigenvalue weighted by Gasteiger charge is 2.09. The van der Waals surface area contributed by atoms with Crippen LogP contribution >= 0.6 is 11.6 Å². The lowest BCUT2D eigenvalue weighted by atomic mass is 10.1. The van der Waals surface area contributed by atoms with Gasteiger partial charge < -0.3 is 10.1 Å². The van der Waals surface area contributed by atoms with Crippen molar-refractivity contribution < 1.29 is 13.5 Å². The van der Waals surface area contributed by atoms with Crippen molar-refractivity contribution in [3.05, 3.63) is 59.1 Å². The molecule has 20 heavy (non-hydrogen) atoms. The van der Waals surface area contributed by atoms with Gasteiger partial charge in [-0.2, -0.15) is 8.78 Å². The SMILES string of the molecule is CC(Nc1ccc(OC(F)F)cc1)c1ccccc1Cl. The highest BCUT2D eigenvalue weighted by atomic mass is 35.5. The van der Waals surface area contributed by atoms with Gasteiger partial charge in [0.1, 0.15) is 5.75 Å². The van der Waals surface area contributed by atoms with Gasteiger partial charge in [0.05, 0.1) is 0 Å². The van der Waals surface area contributed by atoms with E-state index in [4.69, 9.17) is 11.6 Å². The molecule has 106 valence electrons. The third-order valence-electron chi connectivity index (χ3n) is 2.83. The van der Waals surface area contributed by atoms with E-state index in [9.17, 15) is 8.78 Å². The second kappa shape index (κ2) is 6.57. The van der Waals surface area contributed by atoms with Crippen LogP contribution in [0, 0.1) is 0 Å². The molecule has 0 saturated carbocycles. The zero-order valence-electron chi connectivity index (χ0n) is 10.8. The Labute approximate surface area is 121 Å². The summed E-state index contributed by atoms with van der Waals surface area (Å²) in [5.41, 5.74) is 1.78. The van der Waals surface area contributed by atoms with Gasteiger partial charge in [-0.3, -0.25) is 0 Å². The number of ether oxygens (including phenoxy) is 1. The van der Waals surface area contributed by atoms with E-state index >= 15 is 0 Å². The first-order valence-corrected chi connectivity index (χ1v) is 6.50. The Morgan fingerprint density at radius 3 is 2.30 bits per heavy atom. The number of hydrogen-bond acceptors (Lipinski definition) is 2. The molecule has 1 N–H and O–H groups in total. The van der Waals surface area contributed by atoms with E-state index in [0.29, 0.717) is 5.02 Å². The molecular weight excluding hydrogens is 284 g/mol. The van der Waals surface area contributed by atoms with E-state index in [1.54, 1.807) is 12.1 Å². The van der Waals surface area contributed by atoms with Gasteiger partial charge in [0.25, 0.3) is 0 Å². The molecule has 2 aromatic rings. The van der Waals surface area contributed by atoms with Crippen molar-refractivity contribution in [3.8, 4) is 5.75 Å². The molecule has 2 aromatic carbocycles. The molecule has 0 aliphatic heterocycles. The normalized spacial score (nSPS) is 12.2. The van der Waals surface area contributed by atoms with Gasteiger partial charge in [0.2, 0.25) is 0 Å². The third kappa shape index (κ3) is 3.84. The smallest absolute Gasteiger partial charge is 0.387 e. The van der Waals surface area contributed by atoms with Crippen LogP contribution in [0.15, 0.2) is 48.5 Å². The van der Waals surface area contributed by atoms with E-state index in [1.165, 1.54) is 12.1 Å². The van der Waals surface area contributed by atoms with Gasteiger partial charge in [-0.1, -0.05) is 29.8 Å². The molecule has 0 aliphatic rings. The maximum atomic E-state index is 12.0. The van der Waals surface area contributed by atoms with Crippen LogP contribution in [0.5, 0.6) is 5.75 Å². The lowest BCUT2D eigenvalue weighted by Crippen LogP contribution is -2.07. The molecule has 0 radical (unpaired) electrons. The number of hydrogen-bond donors (Lipinski definition) is 1. The standard InChI is InChI=1S/C15H14ClF2NO/c1-10(13-4-2-3-5-14(13)16)19-11-6-8-12(9-7-11)20-15(17)18/h2-10,15,19H,1H3. The molecule has 2 rings (SSSR count). The second-order valence-electron chi connectivity index (χ2n) is 4.29. The number of benzene rings is 2. The molecule has 0 amide bonds. The molecule has 0 heterocycles. The van der Waals surface area contributed by atoms with Crippen LogP contribution in [0.1, 0.15) is 18.5 Å². The van der Waals surface area contributed by atoms with Crippen molar-refractivity contribution in [2.24, 2.45) is 0 Å². The molecule has 1 unspecified atom stereocenters. The van der Waals surface area contributed by atoms with Crippen LogP contribution in [0.2, 0.25) is 5.02 Å². The Morgan fingerprint density at radius 2 is 1.70 bits per heavy atom. The van der Waals surface area contributed by atoms with Crippen molar-refractivity contribution in [2.45, 2.75) is 19.6 Å². The summed E-state index contributed by atoms with van der Waals surface area (Å²) in [4.78, 5) is 0. The van der Waals surface area contributed by atoms with Crippen LogP contribution < -0.4 is 10.1 Å². The van der Waals surface area contributed by atoms with E-state index in [-0.39, 0.29) is 11.8 Å². The molecule has 5 heteroatoms. The summed E-state index contributed by atoms with van der Waals surface area (Å²) in [6, 6.07) is 13.9. The van der Waals surface area contributed by atoms with Crippen LogP contribution in [-0.2, 0) is 0 Å². The van der Waals surface area contributed by atoms with Gasteiger partial charge in [-0.15, -0.1) is 0 Å². The molecule has 0 bridgehead atoms. The minimum absolute atomic E-state index is 0.00515. The van der Waals surface area contributed by atoms with Gasteiger partial charge in [-0.25, -0.2) is 0 Å². The lowest BCUT2D eigenvalue weighted by molar-refractivity contribution is -0.0498. The summed E-state index contributed by atoms with van der Waals surface area (Å²) in [5.74, 6) is 0.135. The summed E-state index contributed by atoms with van der Waals surface area (Å²) in [7, 11) is 0. The van der Waals surface area contributed by atoms with Crippen LogP contribution in [0.25, 0.3) is 0 Å². The number of anilines is 1. The van der Waals surface area contributed by atoms with Crippen LogP contribution in [0.3, 0.4) is 0 Å². The minimum Gasteiger partial charge on any atom is -0.435 e. The van der Waals surface area contributed by atoms with E-state index in [2.05, 4.69) is 10.1 Å². The fourth-order valence-electron chi connectivity index (χ4n) is 1.89. The van der Waals surface area contributed by atoms with Gasteiger partial charge in [0, 0.05) is 16.8 Å². The Hall–Kier alpha value is -1.81. The van der Waals surface area contributed by atoms with Crippen molar-refractivity contribution in [2.75, 3.05) is 5.32 Å². The molecule has 0 saturated heterocycles. The Morgan fingerprint density at radius 1 is 1.05 bits per heavy atom. The summed E-state index contributed by atoms with van der Waals surface area (Å²) < 4.78 is 28.4. The maximum absolute atomic E-state index is 12.0. The average molecular weight is 298 g/mol. The highest BCUT2D eigenvalue weighted by molar-refractivity contribution is 6.31. The van der Waals surface area contributed by atoms with Crippen molar-refractivity contribution in [3.63, 3.8) is 0 Å². The number of halogens is 3. The van der Waals surface area contributed by atoms with E-state index in [1.807, 2.05) is 31.2 Å². The number of alkyl halides is 2. The quantitative estimate of drug-likeness (QED) is 0.827. The first kappa shape index (κ1) is 14.6. The fraction of sp³-hybridized carbons (Fsp3) is 0.200. The number of rotatable bonds is 5. The monoisotopic (exact) mass is 297 g/mol. The average Bonchev–Trinajstić information content (AvgIpc) is 2.41. The van der Waals surface area contributed by atoms with Crippen molar-refractivity contribution in [1.82, 2.24) is 0 Å². The first-order chi connectivity index (χ1) is 9.56. The molecule has 0 fully saturated rings. The Bertz CT molecular complexity index is 560. The molecule has 0 aliphatic carbocycles. The molecule has 2 nitrogen and oxygen atoms in total. The summed E-state index contributed by atoms with van der Waals surface area (Å²) in [5, 5.41) is 3.94. The lowest BCUT2D eigenvalue weighted by Gasteiger charge is -2.17. The predicted molar refractivity (Wildman–Crippen MR) is 76.6 cm³/mol. The Kier molecular flexibility index (Phi) is 4.79. The predicted octanol–water partition coefficient (Wildman–Crippen LogP) is 5.11. The van der Waals surface area contributed by atoms with Crippen molar-refractivity contribution >= 4 is 17.3 Å². The Balaban J connectivity index is 2.05. The molecular formula is C15H14ClF2NO. The largest absolute Gasteiger partial charge is 0.435 e. The van der Waals surface area contributed by atoms with Crippen LogP contribution in [0.4, 0.5) is 14.5 Å². The summed E-state index contributed by atoms with van der Waals surface area (Å²) in [6.45, 7) is -0.832. The zero-order valence-corrected chi connectivity index (χ0v) is 11.6. The number of nitrogens with one attached hydrogen (secondary N) is 1. The second-order valence-corrected chi connectivity index (χ2v) is 4.70. The molecule has 1 atom stereocenters. The highest BCUT2D eigenvalue weighted by Crippen LogP contribution is 2.26. The molecule has 0 aromatic heterocycles. The van der Waals surface area contributed by atoms with Crippen molar-refractivity contribution in [1.29, 1.82) is 0 Å². The zero-order chi connectivity index (χ0) is 14.5. The van der Waals surface area contributed by atoms with Crippen LogP contribution in [-0.4, -0.2) is 6.61 Å². The topological polar surface area (TPSA) is 21.3 Å². The summed E-state index contributed by atoms with van der Waals surface area (Å²) in [6.07, 6.45) is 0. The maximum Gasteiger partial charge on any atom is 0.387 e. The summed E-state index contributed by atoms with van der Waals surface area (Å²) >= 11 is 6.12. The van der Waals surface area contributed by atoms with Gasteiger partial charge >= 0.3 is 6.61 Å². The van der Waals surface area contributed by atoms with Gasteiger partial charge in [0.15, 0.2) is 0 Å². The molecule has 0 spiro atoms. The van der Waals surface area contributed by atoms with E-state index in [0.717, 1.165) is 11.3 Å². The van der Waals surface area contributed by atoms with E-state index < -0.39 is 6.61 Å².